The molecule has 3 heteroatoms. The van der Waals surface area contributed by atoms with E-state index in [-0.39, 0.29) is 12.1 Å². The number of esters is 1. The van der Waals surface area contributed by atoms with Gasteiger partial charge in [0.2, 0.25) is 0 Å². The van der Waals surface area contributed by atoms with Crippen LogP contribution in [0.15, 0.2) is 0 Å². The van der Waals surface area contributed by atoms with Gasteiger partial charge >= 0.3 is 5.97 Å². The van der Waals surface area contributed by atoms with E-state index < -0.39 is 5.60 Å². The molecule has 0 spiro atoms. The van der Waals surface area contributed by atoms with Gasteiger partial charge in [-0.3, -0.25) is 4.79 Å². The van der Waals surface area contributed by atoms with Gasteiger partial charge in [0.15, 0.2) is 0 Å². The second-order valence-electron chi connectivity index (χ2n) is 6.52. The minimum Gasteiger partial charge on any atom is -0.463 e. The van der Waals surface area contributed by atoms with Crippen LogP contribution in [0.2, 0.25) is 0 Å². The molecule has 0 bridgehead atoms. The van der Waals surface area contributed by atoms with Crippen molar-refractivity contribution in [1.82, 2.24) is 0 Å². The van der Waals surface area contributed by atoms with Gasteiger partial charge in [-0.25, -0.2) is 0 Å². The number of rotatable bonds is 6. The van der Waals surface area contributed by atoms with Gasteiger partial charge in [-0.05, 0) is 39.0 Å². The summed E-state index contributed by atoms with van der Waals surface area (Å²) >= 11 is 0. The summed E-state index contributed by atoms with van der Waals surface area (Å²) in [5.41, 5.74) is -0.401. The Balaban J connectivity index is 2.44. The maximum absolute atomic E-state index is 11.2. The Kier molecular flexibility index (Phi) is 6.31. The number of hydrogen-bond donors (Lipinski definition) is 0. The molecule has 0 saturated heterocycles. The fraction of sp³-hybridized carbons (Fsp3) is 0.938. The third-order valence-corrected chi connectivity index (χ3v) is 4.16. The zero-order chi connectivity index (χ0) is 14.5. The first-order valence-corrected chi connectivity index (χ1v) is 7.69. The summed E-state index contributed by atoms with van der Waals surface area (Å²) in [6.07, 6.45) is 5.88. The summed E-state index contributed by atoms with van der Waals surface area (Å²) in [7, 11) is 0. The third-order valence-electron chi connectivity index (χ3n) is 4.16. The minimum atomic E-state index is -0.401. The van der Waals surface area contributed by atoms with Gasteiger partial charge in [-0.15, -0.1) is 0 Å². The average Bonchev–Trinajstić information content (AvgIpc) is 2.36. The van der Waals surface area contributed by atoms with Crippen LogP contribution in [-0.4, -0.2) is 24.3 Å². The molecule has 112 valence electrons. The third kappa shape index (κ3) is 5.52. The van der Waals surface area contributed by atoms with Gasteiger partial charge < -0.3 is 9.47 Å². The van der Waals surface area contributed by atoms with Crippen LogP contribution in [0.3, 0.4) is 0 Å². The van der Waals surface area contributed by atoms with Crippen LogP contribution in [0.1, 0.15) is 66.7 Å². The lowest BCUT2D eigenvalue weighted by Gasteiger charge is -2.37. The summed E-state index contributed by atoms with van der Waals surface area (Å²) in [5.74, 6) is 1.21. The Morgan fingerprint density at radius 3 is 2.53 bits per heavy atom. The molecule has 0 heterocycles. The van der Waals surface area contributed by atoms with Gasteiger partial charge in [-0.2, -0.15) is 0 Å². The SMILES string of the molecule is CCC(=O)OCC(C)(C)OC(C)C1CCCCC1C. The number of ether oxygens (including phenoxy) is 2. The van der Waals surface area contributed by atoms with Crippen molar-refractivity contribution in [3.8, 4) is 0 Å². The lowest BCUT2D eigenvalue weighted by atomic mass is 9.77. The minimum absolute atomic E-state index is 0.157. The standard InChI is InChI=1S/C16H30O3/c1-6-15(17)18-11-16(4,5)19-13(3)14-10-8-7-9-12(14)2/h12-14H,6-11H2,1-5H3. The van der Waals surface area contributed by atoms with Crippen molar-refractivity contribution in [2.45, 2.75) is 78.4 Å². The van der Waals surface area contributed by atoms with E-state index in [1.165, 1.54) is 25.7 Å². The van der Waals surface area contributed by atoms with E-state index >= 15 is 0 Å². The molecule has 0 radical (unpaired) electrons. The van der Waals surface area contributed by atoms with Gasteiger partial charge in [-0.1, -0.05) is 33.1 Å². The molecule has 0 amide bonds. The van der Waals surface area contributed by atoms with Gasteiger partial charge in [0.25, 0.3) is 0 Å². The van der Waals surface area contributed by atoms with Crippen molar-refractivity contribution in [3.63, 3.8) is 0 Å². The van der Waals surface area contributed by atoms with Gasteiger partial charge in [0, 0.05) is 6.42 Å². The monoisotopic (exact) mass is 270 g/mol. The van der Waals surface area contributed by atoms with Crippen molar-refractivity contribution in [3.05, 3.63) is 0 Å². The molecule has 3 atom stereocenters. The lowest BCUT2D eigenvalue weighted by Crippen LogP contribution is -2.40. The molecule has 0 aliphatic heterocycles. The summed E-state index contributed by atoms with van der Waals surface area (Å²) < 4.78 is 11.4. The van der Waals surface area contributed by atoms with E-state index in [9.17, 15) is 4.79 Å². The first-order valence-electron chi connectivity index (χ1n) is 7.69. The molecule has 0 aromatic heterocycles. The van der Waals surface area contributed by atoms with Crippen molar-refractivity contribution >= 4 is 5.97 Å². The van der Waals surface area contributed by atoms with Crippen molar-refractivity contribution < 1.29 is 14.3 Å². The summed E-state index contributed by atoms with van der Waals surface area (Å²) in [6, 6.07) is 0. The zero-order valence-corrected chi connectivity index (χ0v) is 13.2. The van der Waals surface area contributed by atoms with Crippen LogP contribution < -0.4 is 0 Å². The number of carbonyl (C=O) groups excluding carboxylic acids is 1. The quantitative estimate of drug-likeness (QED) is 0.686. The molecular weight excluding hydrogens is 240 g/mol. The van der Waals surface area contributed by atoms with Crippen molar-refractivity contribution in [2.24, 2.45) is 11.8 Å². The van der Waals surface area contributed by atoms with E-state index in [2.05, 4.69) is 13.8 Å². The molecular formula is C16H30O3. The molecule has 0 aromatic rings. The molecule has 3 nitrogen and oxygen atoms in total. The molecule has 0 N–H and O–H groups in total. The molecule has 1 aliphatic carbocycles. The Hall–Kier alpha value is -0.570. The maximum atomic E-state index is 11.2. The predicted molar refractivity (Wildman–Crippen MR) is 77.0 cm³/mol. The van der Waals surface area contributed by atoms with Crippen molar-refractivity contribution in [1.29, 1.82) is 0 Å². The molecule has 1 fully saturated rings. The lowest BCUT2D eigenvalue weighted by molar-refractivity contribution is -0.162. The second-order valence-corrected chi connectivity index (χ2v) is 6.52. The van der Waals surface area contributed by atoms with Crippen LogP contribution >= 0.6 is 0 Å². The highest BCUT2D eigenvalue weighted by molar-refractivity contribution is 5.68. The number of carbonyl (C=O) groups is 1. The Bertz CT molecular complexity index is 286. The molecule has 19 heavy (non-hydrogen) atoms. The fourth-order valence-corrected chi connectivity index (χ4v) is 3.02. The van der Waals surface area contributed by atoms with Crippen LogP contribution in [0.4, 0.5) is 0 Å². The Morgan fingerprint density at radius 2 is 1.95 bits per heavy atom. The Morgan fingerprint density at radius 1 is 1.32 bits per heavy atom. The van der Waals surface area contributed by atoms with Gasteiger partial charge in [0.1, 0.15) is 6.61 Å². The first kappa shape index (κ1) is 16.5. The van der Waals surface area contributed by atoms with E-state index in [1.807, 2.05) is 20.8 Å². The van der Waals surface area contributed by atoms with E-state index in [0.29, 0.717) is 18.9 Å². The zero-order valence-electron chi connectivity index (χ0n) is 13.2. The van der Waals surface area contributed by atoms with Crippen LogP contribution in [0, 0.1) is 11.8 Å². The smallest absolute Gasteiger partial charge is 0.305 e. The highest BCUT2D eigenvalue weighted by Gasteiger charge is 2.31. The largest absolute Gasteiger partial charge is 0.463 e. The molecule has 3 unspecified atom stereocenters. The molecule has 1 aliphatic rings. The average molecular weight is 270 g/mol. The maximum Gasteiger partial charge on any atom is 0.305 e. The molecule has 1 saturated carbocycles. The first-order chi connectivity index (χ1) is 8.85. The normalized spacial score (nSPS) is 25.9. The Labute approximate surface area is 118 Å². The highest BCUT2D eigenvalue weighted by atomic mass is 16.6. The fourth-order valence-electron chi connectivity index (χ4n) is 3.02. The van der Waals surface area contributed by atoms with E-state index in [0.717, 1.165) is 5.92 Å². The van der Waals surface area contributed by atoms with Crippen LogP contribution in [-0.2, 0) is 14.3 Å². The predicted octanol–water partition coefficient (Wildman–Crippen LogP) is 3.95. The van der Waals surface area contributed by atoms with Crippen LogP contribution in [0.5, 0.6) is 0 Å². The highest BCUT2D eigenvalue weighted by Crippen LogP contribution is 2.34. The van der Waals surface area contributed by atoms with E-state index in [1.54, 1.807) is 0 Å². The van der Waals surface area contributed by atoms with Gasteiger partial charge in [0.05, 0.1) is 11.7 Å². The molecule has 0 aromatic carbocycles. The summed E-state index contributed by atoms with van der Waals surface area (Å²) in [4.78, 5) is 11.2. The number of hydrogen-bond acceptors (Lipinski definition) is 3. The van der Waals surface area contributed by atoms with Crippen molar-refractivity contribution in [2.75, 3.05) is 6.61 Å². The van der Waals surface area contributed by atoms with E-state index in [4.69, 9.17) is 9.47 Å². The summed E-state index contributed by atoms with van der Waals surface area (Å²) in [6.45, 7) is 10.6. The topological polar surface area (TPSA) is 35.5 Å². The summed E-state index contributed by atoms with van der Waals surface area (Å²) in [5, 5.41) is 0. The van der Waals surface area contributed by atoms with Crippen LogP contribution in [0.25, 0.3) is 0 Å². The molecule has 1 rings (SSSR count). The second kappa shape index (κ2) is 7.28.